The minimum Gasteiger partial charge on any atom is -0.271 e. The first-order chi connectivity index (χ1) is 9.49. The summed E-state index contributed by atoms with van der Waals surface area (Å²) >= 11 is 0. The highest BCUT2D eigenvalue weighted by molar-refractivity contribution is 5.26. The second-order valence-electron chi connectivity index (χ2n) is 5.04. The van der Waals surface area contributed by atoms with Crippen molar-refractivity contribution in [3.8, 4) is 0 Å². The molecule has 5 heteroatoms. The highest BCUT2D eigenvalue weighted by Gasteiger charge is 2.30. The lowest BCUT2D eigenvalue weighted by molar-refractivity contribution is -0.137. The Morgan fingerprint density at radius 2 is 1.65 bits per heavy atom. The smallest absolute Gasteiger partial charge is 0.271 e. The predicted molar refractivity (Wildman–Crippen MR) is 74.9 cm³/mol. The van der Waals surface area contributed by atoms with Gasteiger partial charge in [-0.15, -0.1) is 0 Å². The number of nitrogens with one attached hydrogen (secondary N) is 1. The number of hydrazine groups is 1. The molecule has 0 aromatic heterocycles. The van der Waals surface area contributed by atoms with Crippen LogP contribution in [0, 0.1) is 0 Å². The minimum atomic E-state index is -4.29. The monoisotopic (exact) mass is 288 g/mol. The highest BCUT2D eigenvalue weighted by Crippen LogP contribution is 2.30. The number of unbranched alkanes of at least 4 members (excludes halogenated alkanes) is 4. The minimum absolute atomic E-state index is 0.0843. The summed E-state index contributed by atoms with van der Waals surface area (Å²) in [5.41, 5.74) is 2.86. The molecule has 2 nitrogen and oxygen atoms in total. The Bertz CT molecular complexity index is 374. The Labute approximate surface area is 118 Å². The van der Waals surface area contributed by atoms with E-state index >= 15 is 0 Å². The van der Waals surface area contributed by atoms with Gasteiger partial charge in [0.2, 0.25) is 0 Å². The van der Waals surface area contributed by atoms with Gasteiger partial charge in [0.05, 0.1) is 5.56 Å². The average Bonchev–Trinajstić information content (AvgIpc) is 2.42. The van der Waals surface area contributed by atoms with Gasteiger partial charge in [0.1, 0.15) is 0 Å². The van der Waals surface area contributed by atoms with Crippen LogP contribution < -0.4 is 11.3 Å². The molecule has 0 aliphatic heterocycles. The van der Waals surface area contributed by atoms with E-state index in [4.69, 9.17) is 5.84 Å². The summed E-state index contributed by atoms with van der Waals surface area (Å²) in [5.74, 6) is 5.50. The lowest BCUT2D eigenvalue weighted by Gasteiger charge is -2.17. The number of benzene rings is 1. The van der Waals surface area contributed by atoms with Gasteiger partial charge in [-0.1, -0.05) is 51.2 Å². The summed E-state index contributed by atoms with van der Waals surface area (Å²) in [4.78, 5) is 0. The molecule has 1 atom stereocenters. The first-order valence-corrected chi connectivity index (χ1v) is 7.12. The summed E-state index contributed by atoms with van der Waals surface area (Å²) in [6.07, 6.45) is 2.32. The van der Waals surface area contributed by atoms with E-state index in [9.17, 15) is 13.2 Å². The van der Waals surface area contributed by atoms with Crippen LogP contribution in [0.15, 0.2) is 24.3 Å². The molecule has 20 heavy (non-hydrogen) atoms. The zero-order chi connectivity index (χ0) is 15.0. The lowest BCUT2D eigenvalue weighted by atomic mass is 9.99. The van der Waals surface area contributed by atoms with Gasteiger partial charge in [-0.25, -0.2) is 0 Å². The van der Waals surface area contributed by atoms with Crippen LogP contribution in [0.25, 0.3) is 0 Å². The maximum atomic E-state index is 12.5. The van der Waals surface area contributed by atoms with Crippen molar-refractivity contribution in [1.29, 1.82) is 0 Å². The van der Waals surface area contributed by atoms with Crippen LogP contribution in [-0.4, -0.2) is 0 Å². The van der Waals surface area contributed by atoms with Crippen LogP contribution in [0.4, 0.5) is 13.2 Å². The van der Waals surface area contributed by atoms with Gasteiger partial charge in [-0.3, -0.25) is 11.3 Å². The Balaban J connectivity index is 2.53. The molecule has 1 rings (SSSR count). The maximum Gasteiger partial charge on any atom is 0.416 e. The first kappa shape index (κ1) is 17.0. The molecule has 0 heterocycles. The molecule has 1 aromatic rings. The Morgan fingerprint density at radius 3 is 2.15 bits per heavy atom. The Morgan fingerprint density at radius 1 is 1.05 bits per heavy atom. The van der Waals surface area contributed by atoms with Crippen molar-refractivity contribution >= 4 is 0 Å². The van der Waals surface area contributed by atoms with Gasteiger partial charge in [0, 0.05) is 6.04 Å². The molecular formula is C15H23F3N2. The zero-order valence-corrected chi connectivity index (χ0v) is 11.8. The summed E-state index contributed by atoms with van der Waals surface area (Å²) in [6, 6.07) is 5.13. The fraction of sp³-hybridized carbons (Fsp3) is 0.600. The Kier molecular flexibility index (Phi) is 7.02. The lowest BCUT2D eigenvalue weighted by Crippen LogP contribution is -2.28. The highest BCUT2D eigenvalue weighted by atomic mass is 19.4. The van der Waals surface area contributed by atoms with E-state index in [1.807, 2.05) is 0 Å². The summed E-state index contributed by atoms with van der Waals surface area (Å²) < 4.78 is 37.4. The molecule has 1 aromatic carbocycles. The van der Waals surface area contributed by atoms with E-state index in [0.717, 1.165) is 37.0 Å². The van der Waals surface area contributed by atoms with Crippen molar-refractivity contribution in [2.45, 2.75) is 57.7 Å². The summed E-state index contributed by atoms with van der Waals surface area (Å²) in [6.45, 7) is 2.16. The molecule has 1 unspecified atom stereocenters. The van der Waals surface area contributed by atoms with E-state index in [1.54, 1.807) is 0 Å². The molecule has 3 N–H and O–H groups in total. The number of nitrogens with two attached hydrogens (primary N) is 1. The normalized spacial score (nSPS) is 13.4. The van der Waals surface area contributed by atoms with Crippen molar-refractivity contribution in [3.05, 3.63) is 35.4 Å². The van der Waals surface area contributed by atoms with Gasteiger partial charge in [-0.2, -0.15) is 13.2 Å². The number of alkyl halides is 3. The van der Waals surface area contributed by atoms with Crippen LogP contribution in [0.1, 0.15) is 62.6 Å². The average molecular weight is 288 g/mol. The predicted octanol–water partition coefficient (Wildman–Crippen LogP) is 4.57. The third kappa shape index (κ3) is 5.51. The Hall–Kier alpha value is -1.07. The van der Waals surface area contributed by atoms with Crippen LogP contribution >= 0.6 is 0 Å². The van der Waals surface area contributed by atoms with E-state index in [2.05, 4.69) is 12.3 Å². The SMILES string of the molecule is CCCCCCCC(NN)c1ccc(C(F)(F)F)cc1. The van der Waals surface area contributed by atoms with Crippen molar-refractivity contribution in [3.63, 3.8) is 0 Å². The molecule has 0 saturated heterocycles. The van der Waals surface area contributed by atoms with E-state index in [-0.39, 0.29) is 6.04 Å². The van der Waals surface area contributed by atoms with Crippen LogP contribution in [0.3, 0.4) is 0 Å². The number of hydrogen-bond donors (Lipinski definition) is 2. The molecule has 0 fully saturated rings. The molecule has 0 aliphatic carbocycles. The van der Waals surface area contributed by atoms with Gasteiger partial charge in [0.15, 0.2) is 0 Å². The first-order valence-electron chi connectivity index (χ1n) is 7.12. The van der Waals surface area contributed by atoms with Gasteiger partial charge in [0.25, 0.3) is 0 Å². The van der Waals surface area contributed by atoms with Gasteiger partial charge in [-0.05, 0) is 24.1 Å². The van der Waals surface area contributed by atoms with Crippen molar-refractivity contribution in [1.82, 2.24) is 5.43 Å². The van der Waals surface area contributed by atoms with Crippen molar-refractivity contribution < 1.29 is 13.2 Å². The molecule has 0 aliphatic rings. The zero-order valence-electron chi connectivity index (χ0n) is 11.8. The molecule has 114 valence electrons. The molecule has 0 radical (unpaired) electrons. The molecule has 0 saturated carbocycles. The van der Waals surface area contributed by atoms with Gasteiger partial charge >= 0.3 is 6.18 Å². The topological polar surface area (TPSA) is 38.0 Å². The quantitative estimate of drug-likeness (QED) is 0.418. The van der Waals surface area contributed by atoms with Crippen LogP contribution in [0.5, 0.6) is 0 Å². The summed E-state index contributed by atoms with van der Waals surface area (Å²) in [5, 5.41) is 0. The van der Waals surface area contributed by atoms with Crippen LogP contribution in [-0.2, 0) is 6.18 Å². The van der Waals surface area contributed by atoms with E-state index < -0.39 is 11.7 Å². The van der Waals surface area contributed by atoms with E-state index in [1.165, 1.54) is 31.4 Å². The third-order valence-corrected chi connectivity index (χ3v) is 3.44. The third-order valence-electron chi connectivity index (χ3n) is 3.44. The second kappa shape index (κ2) is 8.27. The fourth-order valence-electron chi connectivity index (χ4n) is 2.20. The number of rotatable bonds is 8. The standard InChI is InChI=1S/C15H23F3N2/c1-2-3-4-5-6-7-14(20-19)12-8-10-13(11-9-12)15(16,17)18/h8-11,14,20H,2-7,19H2,1H3. The number of hydrogen-bond acceptors (Lipinski definition) is 2. The largest absolute Gasteiger partial charge is 0.416 e. The molecule has 0 amide bonds. The number of halogens is 3. The van der Waals surface area contributed by atoms with Crippen molar-refractivity contribution in [2.75, 3.05) is 0 Å². The molecule has 0 bridgehead atoms. The van der Waals surface area contributed by atoms with Crippen molar-refractivity contribution in [2.24, 2.45) is 5.84 Å². The summed E-state index contributed by atoms with van der Waals surface area (Å²) in [7, 11) is 0. The van der Waals surface area contributed by atoms with Gasteiger partial charge < -0.3 is 0 Å². The second-order valence-corrected chi connectivity index (χ2v) is 5.04. The molecular weight excluding hydrogens is 265 g/mol. The van der Waals surface area contributed by atoms with Crippen LogP contribution in [0.2, 0.25) is 0 Å². The maximum absolute atomic E-state index is 12.5. The van der Waals surface area contributed by atoms with E-state index in [0.29, 0.717) is 0 Å². The fourth-order valence-corrected chi connectivity index (χ4v) is 2.20. The molecule has 0 spiro atoms.